The Kier molecular flexibility index (Phi) is 8.09. The zero-order valence-corrected chi connectivity index (χ0v) is 19.9. The molecule has 2 amide bonds. The van der Waals surface area contributed by atoms with Crippen molar-refractivity contribution in [1.82, 2.24) is 14.9 Å². The van der Waals surface area contributed by atoms with E-state index >= 15 is 0 Å². The molecule has 1 aromatic carbocycles. The summed E-state index contributed by atoms with van der Waals surface area (Å²) in [6.45, 7) is 7.47. The highest BCUT2D eigenvalue weighted by Gasteiger charge is 2.19. The molecule has 0 bridgehead atoms. The molecule has 0 aliphatic rings. The maximum absolute atomic E-state index is 14.7. The van der Waals surface area contributed by atoms with Gasteiger partial charge in [0.05, 0.1) is 10.2 Å². The molecule has 0 saturated heterocycles. The second-order valence-corrected chi connectivity index (χ2v) is 9.00. The number of para-hydroxylation sites is 1. The van der Waals surface area contributed by atoms with Crippen molar-refractivity contribution in [3.05, 3.63) is 47.9 Å². The molecule has 1 unspecified atom stereocenters. The van der Waals surface area contributed by atoms with E-state index in [1.807, 2.05) is 37.4 Å². The van der Waals surface area contributed by atoms with Crippen LogP contribution in [0.25, 0.3) is 10.2 Å². The predicted molar refractivity (Wildman–Crippen MR) is 130 cm³/mol. The number of hydrogen-bond acceptors (Lipinski definition) is 6. The van der Waals surface area contributed by atoms with Crippen LogP contribution in [-0.4, -0.2) is 46.8 Å². The minimum Gasteiger partial charge on any atom is -0.323 e. The number of nitrogens with one attached hydrogen (secondary N) is 1. The third kappa shape index (κ3) is 5.65. The number of halogens is 1. The predicted octanol–water partition coefficient (Wildman–Crippen LogP) is 5.98. The molecule has 3 aromatic rings. The lowest BCUT2D eigenvalue weighted by atomic mass is 10.0. The average molecular weight is 462 g/mol. The van der Waals surface area contributed by atoms with Gasteiger partial charge in [-0.1, -0.05) is 49.3 Å². The number of thiazole rings is 1. The summed E-state index contributed by atoms with van der Waals surface area (Å²) < 4.78 is 17.5. The van der Waals surface area contributed by atoms with Crippen molar-refractivity contribution in [2.75, 3.05) is 35.5 Å². The average Bonchev–Trinajstić information content (AvgIpc) is 3.18. The number of carbonyl (C=O) groups excluding carboxylic acids is 1. The SMILES string of the molecule is CCC(C)c1cnc(N(CCN(CC)C(=O)Nc2nc3ccccc3s2)SC)c(F)c1. The molecule has 9 heteroatoms. The third-order valence-corrected chi connectivity index (χ3v) is 6.98. The molecule has 0 fully saturated rings. The van der Waals surface area contributed by atoms with Gasteiger partial charge in [0, 0.05) is 32.1 Å². The summed E-state index contributed by atoms with van der Waals surface area (Å²) >= 11 is 2.83. The zero-order valence-electron chi connectivity index (χ0n) is 18.3. The molecule has 2 heterocycles. The number of hydrogen-bond donors (Lipinski definition) is 1. The molecular weight excluding hydrogens is 433 g/mol. The van der Waals surface area contributed by atoms with Gasteiger partial charge in [-0.15, -0.1) is 0 Å². The molecule has 0 spiro atoms. The van der Waals surface area contributed by atoms with E-state index in [1.54, 1.807) is 21.5 Å². The van der Waals surface area contributed by atoms with Crippen molar-refractivity contribution < 1.29 is 9.18 Å². The van der Waals surface area contributed by atoms with Crippen LogP contribution < -0.4 is 9.62 Å². The number of nitrogens with zero attached hydrogens (tertiary/aromatic N) is 4. The largest absolute Gasteiger partial charge is 0.323 e. The van der Waals surface area contributed by atoms with E-state index in [0.717, 1.165) is 22.2 Å². The molecule has 3 rings (SSSR count). The first-order valence-corrected chi connectivity index (χ1v) is 12.3. The Morgan fingerprint density at radius 1 is 1.29 bits per heavy atom. The number of pyridine rings is 1. The molecule has 0 radical (unpaired) electrons. The molecule has 2 aromatic heterocycles. The van der Waals surface area contributed by atoms with Gasteiger partial charge in [-0.25, -0.2) is 19.2 Å². The summed E-state index contributed by atoms with van der Waals surface area (Å²) in [6.07, 6.45) is 4.55. The van der Waals surface area contributed by atoms with E-state index in [1.165, 1.54) is 23.3 Å². The highest BCUT2D eigenvalue weighted by molar-refractivity contribution is 7.99. The van der Waals surface area contributed by atoms with Gasteiger partial charge in [0.15, 0.2) is 16.8 Å². The number of aromatic nitrogens is 2. The van der Waals surface area contributed by atoms with Gasteiger partial charge in [0.2, 0.25) is 0 Å². The van der Waals surface area contributed by atoms with E-state index in [9.17, 15) is 9.18 Å². The number of carbonyl (C=O) groups is 1. The highest BCUT2D eigenvalue weighted by atomic mass is 32.2. The monoisotopic (exact) mass is 461 g/mol. The minimum absolute atomic E-state index is 0.219. The molecule has 1 N–H and O–H groups in total. The van der Waals surface area contributed by atoms with Crippen LogP contribution in [0, 0.1) is 5.82 Å². The summed E-state index contributed by atoms with van der Waals surface area (Å²) in [7, 11) is 0. The van der Waals surface area contributed by atoms with Crippen molar-refractivity contribution >= 4 is 50.5 Å². The van der Waals surface area contributed by atoms with Gasteiger partial charge < -0.3 is 4.90 Å². The number of anilines is 2. The van der Waals surface area contributed by atoms with Crippen molar-refractivity contribution in [3.8, 4) is 0 Å². The van der Waals surface area contributed by atoms with Crippen LogP contribution in [0.3, 0.4) is 0 Å². The first-order valence-electron chi connectivity index (χ1n) is 10.3. The van der Waals surface area contributed by atoms with Crippen LogP contribution in [0.1, 0.15) is 38.7 Å². The fourth-order valence-corrected chi connectivity index (χ4v) is 4.56. The maximum atomic E-state index is 14.7. The first-order chi connectivity index (χ1) is 15.0. The summed E-state index contributed by atoms with van der Waals surface area (Å²) in [4.78, 5) is 23.2. The third-order valence-electron chi connectivity index (χ3n) is 5.23. The van der Waals surface area contributed by atoms with Crippen molar-refractivity contribution in [2.24, 2.45) is 0 Å². The summed E-state index contributed by atoms with van der Waals surface area (Å²) in [5, 5.41) is 3.45. The molecule has 6 nitrogen and oxygen atoms in total. The van der Waals surface area contributed by atoms with Gasteiger partial charge >= 0.3 is 6.03 Å². The lowest BCUT2D eigenvalue weighted by molar-refractivity contribution is 0.216. The van der Waals surface area contributed by atoms with E-state index in [4.69, 9.17) is 0 Å². The Bertz CT molecular complexity index is 995. The number of urea groups is 1. The van der Waals surface area contributed by atoms with Gasteiger partial charge in [0.1, 0.15) is 0 Å². The molecule has 0 aliphatic carbocycles. The Labute approximate surface area is 191 Å². The van der Waals surface area contributed by atoms with E-state index in [-0.39, 0.29) is 17.8 Å². The van der Waals surface area contributed by atoms with Crippen LogP contribution >= 0.6 is 23.3 Å². The number of likely N-dealkylation sites (N-methyl/N-ethyl adjacent to an activating group) is 1. The Morgan fingerprint density at radius 2 is 2.06 bits per heavy atom. The lowest BCUT2D eigenvalue weighted by Gasteiger charge is -2.26. The fourth-order valence-electron chi connectivity index (χ4n) is 3.13. The summed E-state index contributed by atoms with van der Waals surface area (Å²) in [6, 6.07) is 9.12. The van der Waals surface area contributed by atoms with Crippen LogP contribution in [0.5, 0.6) is 0 Å². The van der Waals surface area contributed by atoms with Gasteiger partial charge in [0.25, 0.3) is 0 Å². The zero-order chi connectivity index (χ0) is 22.4. The second-order valence-electron chi connectivity index (χ2n) is 7.16. The van der Waals surface area contributed by atoms with Crippen molar-refractivity contribution in [1.29, 1.82) is 0 Å². The lowest BCUT2D eigenvalue weighted by Crippen LogP contribution is -2.39. The van der Waals surface area contributed by atoms with Crippen LogP contribution in [0.2, 0.25) is 0 Å². The quantitative estimate of drug-likeness (QED) is 0.397. The van der Waals surface area contributed by atoms with Gasteiger partial charge in [-0.2, -0.15) is 0 Å². The van der Waals surface area contributed by atoms with E-state index in [2.05, 4.69) is 29.1 Å². The van der Waals surface area contributed by atoms with Crippen molar-refractivity contribution in [3.63, 3.8) is 0 Å². The molecule has 0 aliphatic heterocycles. The Balaban J connectivity index is 1.64. The van der Waals surface area contributed by atoms with Crippen LogP contribution in [0.4, 0.5) is 20.1 Å². The van der Waals surface area contributed by atoms with Gasteiger partial charge in [-0.3, -0.25) is 9.62 Å². The fraction of sp³-hybridized carbons (Fsp3) is 0.409. The number of benzene rings is 1. The minimum atomic E-state index is -0.339. The molecule has 0 saturated carbocycles. The molecular formula is C22H28FN5OS2. The Hall–Kier alpha value is -2.39. The smallest absolute Gasteiger partial charge is 0.323 e. The van der Waals surface area contributed by atoms with E-state index < -0.39 is 0 Å². The Morgan fingerprint density at radius 3 is 2.71 bits per heavy atom. The van der Waals surface area contributed by atoms with E-state index in [0.29, 0.717) is 30.6 Å². The summed E-state index contributed by atoms with van der Waals surface area (Å²) in [5.74, 6) is 0.219. The first kappa shape index (κ1) is 23.3. The summed E-state index contributed by atoms with van der Waals surface area (Å²) in [5.41, 5.74) is 1.76. The normalized spacial score (nSPS) is 12.0. The maximum Gasteiger partial charge on any atom is 0.323 e. The van der Waals surface area contributed by atoms with Crippen LogP contribution in [-0.2, 0) is 0 Å². The molecule has 1 atom stereocenters. The van der Waals surface area contributed by atoms with Crippen LogP contribution in [0.15, 0.2) is 36.5 Å². The molecule has 166 valence electrons. The topological polar surface area (TPSA) is 61.4 Å². The van der Waals surface area contributed by atoms with Crippen molar-refractivity contribution in [2.45, 2.75) is 33.1 Å². The number of fused-ring (bicyclic) bond motifs is 1. The van der Waals surface area contributed by atoms with Gasteiger partial charge in [-0.05, 0) is 43.0 Å². The molecule has 31 heavy (non-hydrogen) atoms. The highest BCUT2D eigenvalue weighted by Crippen LogP contribution is 2.27. The standard InChI is InChI=1S/C22H28FN5OS2/c1-5-15(3)16-13-17(23)20(24-14-16)28(30-4)12-11-27(6-2)22(29)26-21-25-18-9-7-8-10-19(18)31-21/h7-10,13-15H,5-6,11-12H2,1-4H3,(H,25,26,29). The number of amides is 2. The number of rotatable bonds is 9. The second kappa shape index (κ2) is 10.8.